The molecule has 0 aromatic carbocycles. The first kappa shape index (κ1) is 21.9. The minimum atomic E-state index is -1.08. The van der Waals surface area contributed by atoms with E-state index in [0.717, 1.165) is 19.3 Å². The van der Waals surface area contributed by atoms with Gasteiger partial charge in [0.1, 0.15) is 11.8 Å². The van der Waals surface area contributed by atoms with Crippen molar-refractivity contribution in [3.8, 4) is 5.75 Å². The summed E-state index contributed by atoms with van der Waals surface area (Å²) >= 11 is 0. The second kappa shape index (κ2) is 8.12. The van der Waals surface area contributed by atoms with Crippen LogP contribution in [0.15, 0.2) is 17.1 Å². The van der Waals surface area contributed by atoms with Crippen LogP contribution in [0.1, 0.15) is 59.4 Å². The zero-order valence-corrected chi connectivity index (χ0v) is 17.8. The molecule has 2 aliphatic heterocycles. The van der Waals surface area contributed by atoms with Gasteiger partial charge in [-0.15, -0.1) is 0 Å². The fourth-order valence-corrected chi connectivity index (χ4v) is 3.69. The first-order valence-corrected chi connectivity index (χ1v) is 10.1. The van der Waals surface area contributed by atoms with E-state index in [2.05, 4.69) is 0 Å². The Balaban J connectivity index is 1.93. The van der Waals surface area contributed by atoms with Crippen molar-refractivity contribution in [3.05, 3.63) is 22.6 Å². The average molecular weight is 407 g/mol. The number of pyridine rings is 1. The Labute approximate surface area is 171 Å². The standard InChI is InChI=1S/C20H30BNO7/c1-19(2)20(3,4)29-21(28-19)14-11-17(23)22(12-16(14)26-5)15(18(24)25)10-13-8-6-7-9-27-13/h11-13,15H,6-10H2,1-5H3,(H,24,25)/t13-,15?/m0/s1. The maximum absolute atomic E-state index is 12.9. The molecule has 2 atom stereocenters. The molecule has 8 nitrogen and oxygen atoms in total. The summed E-state index contributed by atoms with van der Waals surface area (Å²) in [5.74, 6) is -0.731. The molecule has 29 heavy (non-hydrogen) atoms. The number of carboxylic acids is 1. The van der Waals surface area contributed by atoms with Crippen LogP contribution in [0.3, 0.4) is 0 Å². The third-order valence-corrected chi connectivity index (χ3v) is 6.18. The minimum absolute atomic E-state index is 0.175. The Morgan fingerprint density at radius 3 is 2.48 bits per heavy atom. The van der Waals surface area contributed by atoms with Crippen LogP contribution in [0.2, 0.25) is 0 Å². The molecule has 0 amide bonds. The summed E-state index contributed by atoms with van der Waals surface area (Å²) in [6, 6.07) is 0.311. The maximum atomic E-state index is 12.9. The van der Waals surface area contributed by atoms with Gasteiger partial charge in [0, 0.05) is 30.8 Å². The first-order valence-electron chi connectivity index (χ1n) is 10.1. The van der Waals surface area contributed by atoms with E-state index in [0.29, 0.717) is 17.8 Å². The van der Waals surface area contributed by atoms with Crippen molar-refractivity contribution in [1.29, 1.82) is 0 Å². The molecular formula is C20H30BNO7. The van der Waals surface area contributed by atoms with Gasteiger partial charge in [0.25, 0.3) is 5.56 Å². The van der Waals surface area contributed by atoms with Crippen LogP contribution in [0.5, 0.6) is 5.75 Å². The van der Waals surface area contributed by atoms with Gasteiger partial charge in [0.15, 0.2) is 0 Å². The van der Waals surface area contributed by atoms with Gasteiger partial charge in [0.05, 0.1) is 24.4 Å². The smallest absolute Gasteiger partial charge is 0.496 e. The van der Waals surface area contributed by atoms with E-state index in [4.69, 9.17) is 18.8 Å². The number of rotatable bonds is 6. The normalized spacial score (nSPS) is 24.3. The lowest BCUT2D eigenvalue weighted by atomic mass is 9.79. The molecule has 1 unspecified atom stereocenters. The van der Waals surface area contributed by atoms with Gasteiger partial charge >= 0.3 is 13.1 Å². The van der Waals surface area contributed by atoms with Gasteiger partial charge in [-0.25, -0.2) is 4.79 Å². The van der Waals surface area contributed by atoms with Crippen molar-refractivity contribution in [2.45, 2.75) is 76.7 Å². The Bertz CT molecular complexity index is 798. The molecule has 2 saturated heterocycles. The molecule has 3 rings (SSSR count). The number of hydrogen-bond acceptors (Lipinski definition) is 6. The summed E-state index contributed by atoms with van der Waals surface area (Å²) in [6.45, 7) is 8.31. The number of ether oxygens (including phenoxy) is 2. The van der Waals surface area contributed by atoms with E-state index in [9.17, 15) is 14.7 Å². The van der Waals surface area contributed by atoms with Gasteiger partial charge in [-0.1, -0.05) is 0 Å². The molecule has 160 valence electrons. The highest BCUT2D eigenvalue weighted by Crippen LogP contribution is 2.37. The topological polar surface area (TPSA) is 96.2 Å². The number of nitrogens with zero attached hydrogens (tertiary/aromatic N) is 1. The van der Waals surface area contributed by atoms with Crippen LogP contribution < -0.4 is 15.8 Å². The third kappa shape index (κ3) is 4.36. The zero-order chi connectivity index (χ0) is 21.4. The molecule has 0 spiro atoms. The predicted octanol–water partition coefficient (Wildman–Crippen LogP) is 1.74. The first-order chi connectivity index (χ1) is 13.6. The monoisotopic (exact) mass is 407 g/mol. The number of aliphatic carboxylic acids is 1. The Kier molecular flexibility index (Phi) is 6.12. The van der Waals surface area contributed by atoms with Crippen molar-refractivity contribution in [2.75, 3.05) is 13.7 Å². The molecule has 1 aromatic rings. The van der Waals surface area contributed by atoms with E-state index in [1.165, 1.54) is 23.9 Å². The second-order valence-corrected chi connectivity index (χ2v) is 8.71. The van der Waals surface area contributed by atoms with Gasteiger partial charge in [-0.3, -0.25) is 9.36 Å². The van der Waals surface area contributed by atoms with Gasteiger partial charge in [-0.2, -0.15) is 0 Å². The van der Waals surface area contributed by atoms with Gasteiger partial charge < -0.3 is 23.9 Å². The molecule has 2 aliphatic rings. The van der Waals surface area contributed by atoms with E-state index < -0.39 is 35.9 Å². The summed E-state index contributed by atoms with van der Waals surface area (Å²) in [6.07, 6.45) is 4.26. The van der Waals surface area contributed by atoms with Crippen molar-refractivity contribution >= 4 is 18.6 Å². The summed E-state index contributed by atoms with van der Waals surface area (Å²) in [4.78, 5) is 24.8. The van der Waals surface area contributed by atoms with Crippen LogP contribution in [-0.4, -0.2) is 53.8 Å². The fourth-order valence-electron chi connectivity index (χ4n) is 3.69. The summed E-state index contributed by atoms with van der Waals surface area (Å²) in [7, 11) is 0.695. The van der Waals surface area contributed by atoms with Gasteiger partial charge in [-0.05, 0) is 47.0 Å². The lowest BCUT2D eigenvalue weighted by Crippen LogP contribution is -2.41. The molecule has 1 N–H and O–H groups in total. The quantitative estimate of drug-likeness (QED) is 0.718. The van der Waals surface area contributed by atoms with E-state index >= 15 is 0 Å². The van der Waals surface area contributed by atoms with E-state index in [1.807, 2.05) is 27.7 Å². The molecule has 0 saturated carbocycles. The van der Waals surface area contributed by atoms with Crippen molar-refractivity contribution in [2.24, 2.45) is 0 Å². The molecule has 0 aliphatic carbocycles. The maximum Gasteiger partial charge on any atom is 0.498 e. The van der Waals surface area contributed by atoms with Crippen LogP contribution in [0.4, 0.5) is 0 Å². The van der Waals surface area contributed by atoms with Crippen molar-refractivity contribution in [3.63, 3.8) is 0 Å². The van der Waals surface area contributed by atoms with E-state index in [-0.39, 0.29) is 12.5 Å². The summed E-state index contributed by atoms with van der Waals surface area (Å²) in [5.41, 5.74) is -1.14. The lowest BCUT2D eigenvalue weighted by Gasteiger charge is -2.32. The molecule has 0 bridgehead atoms. The molecule has 0 radical (unpaired) electrons. The van der Waals surface area contributed by atoms with Crippen LogP contribution in [0.25, 0.3) is 0 Å². The molecule has 1 aromatic heterocycles. The Morgan fingerprint density at radius 1 is 1.31 bits per heavy atom. The summed E-state index contributed by atoms with van der Waals surface area (Å²) < 4.78 is 24.4. The highest BCUT2D eigenvalue weighted by molar-refractivity contribution is 6.63. The van der Waals surface area contributed by atoms with Gasteiger partial charge in [0.2, 0.25) is 0 Å². The van der Waals surface area contributed by atoms with Crippen LogP contribution >= 0.6 is 0 Å². The largest absolute Gasteiger partial charge is 0.498 e. The Morgan fingerprint density at radius 2 is 1.97 bits per heavy atom. The zero-order valence-electron chi connectivity index (χ0n) is 17.8. The molecule has 3 heterocycles. The number of aromatic nitrogens is 1. The van der Waals surface area contributed by atoms with Crippen molar-refractivity contribution < 1.29 is 28.7 Å². The van der Waals surface area contributed by atoms with Crippen molar-refractivity contribution in [1.82, 2.24) is 4.57 Å². The van der Waals surface area contributed by atoms with E-state index in [1.54, 1.807) is 0 Å². The lowest BCUT2D eigenvalue weighted by molar-refractivity contribution is -0.142. The van der Waals surface area contributed by atoms with Crippen LogP contribution in [0, 0.1) is 0 Å². The molecular weight excluding hydrogens is 377 g/mol. The number of carboxylic acid groups (broad SMARTS) is 1. The predicted molar refractivity (Wildman–Crippen MR) is 108 cm³/mol. The third-order valence-electron chi connectivity index (χ3n) is 6.18. The Hall–Kier alpha value is -1.84. The summed E-state index contributed by atoms with van der Waals surface area (Å²) in [5, 5.41) is 9.76. The highest BCUT2D eigenvalue weighted by Gasteiger charge is 2.52. The highest BCUT2D eigenvalue weighted by atomic mass is 16.7. The number of methoxy groups -OCH3 is 1. The molecule has 9 heteroatoms. The second-order valence-electron chi connectivity index (χ2n) is 8.71. The number of hydrogen-bond donors (Lipinski definition) is 1. The van der Waals surface area contributed by atoms with Crippen LogP contribution in [-0.2, 0) is 18.8 Å². The SMILES string of the molecule is COc1cn(C(C[C@@H]2CCCCO2)C(=O)O)c(=O)cc1B1OC(C)(C)C(C)(C)O1. The minimum Gasteiger partial charge on any atom is -0.496 e. The number of carbonyl (C=O) groups is 1. The average Bonchev–Trinajstić information content (AvgIpc) is 2.88. The fraction of sp³-hybridized carbons (Fsp3) is 0.700. The molecule has 2 fully saturated rings.